The number of hydrogen-bond donors (Lipinski definition) is 1. The maximum Gasteiger partial charge on any atom is 0.361 e. The van der Waals surface area contributed by atoms with Gasteiger partial charge in [0.1, 0.15) is 8.07 Å². The number of rotatable bonds is 5. The minimum absolute atomic E-state index is 0.124. The smallest absolute Gasteiger partial charge is 0.361 e. The van der Waals surface area contributed by atoms with Gasteiger partial charge in [0.25, 0.3) is 5.92 Å². The van der Waals surface area contributed by atoms with Crippen molar-refractivity contribution in [1.29, 1.82) is 0 Å². The first-order valence-corrected chi connectivity index (χ1v) is 15.5. The molecular formula is C30H24F4N2O4Si. The first-order valence-electron chi connectivity index (χ1n) is 12.9. The highest BCUT2D eigenvalue weighted by atomic mass is 28.3. The van der Waals surface area contributed by atoms with Gasteiger partial charge < -0.3 is 19.9 Å². The number of carbonyl (C=O) groups is 2. The van der Waals surface area contributed by atoms with E-state index in [-0.39, 0.29) is 16.7 Å². The van der Waals surface area contributed by atoms with Crippen molar-refractivity contribution in [3.8, 4) is 0 Å². The fourth-order valence-electron chi connectivity index (χ4n) is 6.01. The maximum absolute atomic E-state index is 13.7. The van der Waals surface area contributed by atoms with Crippen LogP contribution in [-0.2, 0) is 0 Å². The van der Waals surface area contributed by atoms with Gasteiger partial charge in [-0.2, -0.15) is 8.78 Å². The van der Waals surface area contributed by atoms with Crippen molar-refractivity contribution < 1.29 is 41.9 Å². The molecule has 1 atom stereocenters. The minimum Gasteiger partial charge on any atom is -0.545 e. The van der Waals surface area contributed by atoms with Crippen LogP contribution in [0.25, 0.3) is 5.57 Å². The normalized spacial score (nSPS) is 23.6. The highest BCUT2D eigenvalue weighted by molar-refractivity contribution is 7.02. The number of aromatic carboxylic acids is 2. The number of allylic oxidation sites excluding steroid dienone is 5. The third-order valence-electron chi connectivity index (χ3n) is 8.25. The van der Waals surface area contributed by atoms with Crippen molar-refractivity contribution >= 4 is 42.2 Å². The van der Waals surface area contributed by atoms with Crippen LogP contribution in [-0.4, -0.2) is 73.4 Å². The molecule has 0 aromatic heterocycles. The summed E-state index contributed by atoms with van der Waals surface area (Å²) in [4.78, 5) is 25.6. The first kappa shape index (κ1) is 26.9. The molecule has 1 aliphatic carbocycles. The lowest BCUT2D eigenvalue weighted by atomic mass is 9.86. The number of alkyl halides is 4. The van der Waals surface area contributed by atoms with Crippen LogP contribution in [0.1, 0.15) is 31.8 Å². The Morgan fingerprint density at radius 2 is 1.76 bits per heavy atom. The standard InChI is InChI=1S/C30H24F4N2O4Si/c1-3-41(2)24-11-18(35-13-29(31,32)14-35)5-8-21(24)26(23-10-17(27(37)38)4-7-20(23)28(39)40)22-9-6-19(12-25(22)41)36-15-30(33,34)16-36/h3-12H,1,13-16H2,2H3,(H-,37,38,39,40). The Labute approximate surface area is 233 Å². The molecule has 6 nitrogen and oxygen atoms in total. The second-order valence-electron chi connectivity index (χ2n) is 11.0. The van der Waals surface area contributed by atoms with E-state index in [1.165, 1.54) is 18.2 Å². The van der Waals surface area contributed by atoms with Crippen molar-refractivity contribution in [3.63, 3.8) is 0 Å². The summed E-state index contributed by atoms with van der Waals surface area (Å²) in [7, 11) is -2.87. The van der Waals surface area contributed by atoms with Crippen LogP contribution >= 0.6 is 0 Å². The predicted molar refractivity (Wildman–Crippen MR) is 146 cm³/mol. The molecule has 0 bridgehead atoms. The summed E-state index contributed by atoms with van der Waals surface area (Å²) in [6.45, 7) is 4.36. The fourth-order valence-corrected chi connectivity index (χ4v) is 9.17. The number of hydrogen-bond acceptors (Lipinski definition) is 4. The molecule has 0 amide bonds. The Morgan fingerprint density at radius 3 is 2.34 bits per heavy atom. The number of nitrogens with zero attached hydrogens (tertiary/aromatic N) is 2. The summed E-state index contributed by atoms with van der Waals surface area (Å²) >= 11 is 0. The molecule has 210 valence electrons. The Kier molecular flexibility index (Phi) is 5.83. The van der Waals surface area contributed by atoms with E-state index in [4.69, 9.17) is 0 Å². The van der Waals surface area contributed by atoms with E-state index in [0.29, 0.717) is 28.1 Å². The molecule has 41 heavy (non-hydrogen) atoms. The monoisotopic (exact) mass is 580 g/mol. The maximum atomic E-state index is 13.7. The van der Waals surface area contributed by atoms with E-state index in [9.17, 15) is 37.4 Å². The van der Waals surface area contributed by atoms with Crippen molar-refractivity contribution in [2.45, 2.75) is 18.4 Å². The average Bonchev–Trinajstić information content (AvgIpc) is 2.89. The van der Waals surface area contributed by atoms with Crippen molar-refractivity contribution in [3.05, 3.63) is 99.9 Å². The Hall–Kier alpha value is -4.25. The van der Waals surface area contributed by atoms with E-state index in [0.717, 1.165) is 10.4 Å². The second-order valence-corrected chi connectivity index (χ2v) is 14.9. The predicted octanol–water partition coefficient (Wildman–Crippen LogP) is 3.17. The molecule has 0 saturated carbocycles. The average molecular weight is 581 g/mol. The van der Waals surface area contributed by atoms with E-state index < -0.39 is 58.0 Å². The lowest BCUT2D eigenvalue weighted by molar-refractivity contribution is -0.638. The molecular weight excluding hydrogens is 556 g/mol. The Morgan fingerprint density at radius 1 is 1.05 bits per heavy atom. The van der Waals surface area contributed by atoms with E-state index >= 15 is 0 Å². The van der Waals surface area contributed by atoms with Crippen LogP contribution in [0.4, 0.5) is 23.2 Å². The molecule has 1 N–H and O–H groups in total. The molecule has 3 heterocycles. The van der Waals surface area contributed by atoms with Crippen LogP contribution in [0.3, 0.4) is 0 Å². The molecule has 3 aliphatic heterocycles. The summed E-state index contributed by atoms with van der Waals surface area (Å²) in [6, 6.07) is 8.89. The number of benzene rings is 2. The van der Waals surface area contributed by atoms with E-state index in [2.05, 4.69) is 6.58 Å². The highest BCUT2D eigenvalue weighted by Gasteiger charge is 2.52. The number of carboxylic acids is 2. The zero-order valence-electron chi connectivity index (χ0n) is 21.9. The van der Waals surface area contributed by atoms with Gasteiger partial charge in [0, 0.05) is 23.4 Å². The molecule has 6 rings (SSSR count). The van der Waals surface area contributed by atoms with Crippen LogP contribution in [0.2, 0.25) is 6.55 Å². The number of carbonyl (C=O) groups excluding carboxylic acids is 1. The van der Waals surface area contributed by atoms with Crippen LogP contribution in [0.5, 0.6) is 0 Å². The lowest BCUT2D eigenvalue weighted by Crippen LogP contribution is -2.57. The van der Waals surface area contributed by atoms with Crippen LogP contribution < -0.4 is 15.2 Å². The summed E-state index contributed by atoms with van der Waals surface area (Å²) in [6.07, 6.45) is 5.24. The number of halogens is 4. The van der Waals surface area contributed by atoms with Gasteiger partial charge in [-0.25, -0.2) is 18.2 Å². The zero-order chi connectivity index (χ0) is 29.5. The fraction of sp³-hybridized carbons (Fsp3) is 0.233. The molecule has 4 aliphatic rings. The summed E-state index contributed by atoms with van der Waals surface area (Å²) in [5.74, 6) is -8.34. The van der Waals surface area contributed by atoms with Gasteiger partial charge in [-0.1, -0.05) is 24.4 Å². The molecule has 0 spiro atoms. The Bertz CT molecular complexity index is 1690. The van der Waals surface area contributed by atoms with E-state index in [1.807, 2.05) is 24.4 Å². The summed E-state index contributed by atoms with van der Waals surface area (Å²) < 4.78 is 56.5. The summed E-state index contributed by atoms with van der Waals surface area (Å²) in [5, 5.41) is 23.4. The molecule has 0 radical (unpaired) electrons. The molecule has 2 aromatic rings. The molecule has 1 unspecified atom stereocenters. The molecule has 11 heteroatoms. The number of anilines is 1. The second kappa shape index (κ2) is 8.87. The third-order valence-corrected chi connectivity index (χ3v) is 12.1. The lowest BCUT2D eigenvalue weighted by Gasteiger charge is -2.43. The van der Waals surface area contributed by atoms with Gasteiger partial charge in [-0.3, -0.25) is 0 Å². The first-order chi connectivity index (χ1) is 19.2. The zero-order valence-corrected chi connectivity index (χ0v) is 22.9. The van der Waals surface area contributed by atoms with Crippen molar-refractivity contribution in [1.82, 2.24) is 0 Å². The highest BCUT2D eigenvalue weighted by Crippen LogP contribution is 2.44. The number of fused-ring (bicyclic) bond motifs is 2. The Balaban J connectivity index is 1.64. The van der Waals surface area contributed by atoms with E-state index in [1.54, 1.807) is 33.8 Å². The van der Waals surface area contributed by atoms with Crippen LogP contribution in [0, 0.1) is 0 Å². The quantitative estimate of drug-likeness (QED) is 0.334. The van der Waals surface area contributed by atoms with Gasteiger partial charge in [-0.05, 0) is 63.0 Å². The summed E-state index contributed by atoms with van der Waals surface area (Å²) in [5.41, 5.74) is 4.40. The van der Waals surface area contributed by atoms with Gasteiger partial charge in [0.05, 0.1) is 24.6 Å². The molecule has 2 aromatic carbocycles. The SMILES string of the molecule is C=C[Si]1(C)C2=CC(=[N+]3CC(F)(F)C3)C=CC2=C(c2cc(C(=O)O)ccc2C(=O)[O-])c2ccc(N3CC(F)(F)C3)cc21. The van der Waals surface area contributed by atoms with Crippen molar-refractivity contribution in [2.24, 2.45) is 0 Å². The number of carboxylic acid groups (broad SMARTS) is 2. The third kappa shape index (κ3) is 4.26. The van der Waals surface area contributed by atoms with Gasteiger partial charge in [-0.15, -0.1) is 6.58 Å². The molecule has 2 saturated heterocycles. The van der Waals surface area contributed by atoms with Crippen LogP contribution in [0.15, 0.2) is 77.7 Å². The minimum atomic E-state index is -2.87. The van der Waals surface area contributed by atoms with Crippen molar-refractivity contribution in [2.75, 3.05) is 31.1 Å². The van der Waals surface area contributed by atoms with Gasteiger partial charge in [0.2, 0.25) is 13.1 Å². The largest absolute Gasteiger partial charge is 0.545 e. The topological polar surface area (TPSA) is 83.7 Å². The molecule has 2 fully saturated rings. The van der Waals surface area contributed by atoms with Gasteiger partial charge >= 0.3 is 11.9 Å². The van der Waals surface area contributed by atoms with Gasteiger partial charge in [0.15, 0.2) is 5.71 Å².